The van der Waals surface area contributed by atoms with E-state index in [-0.39, 0.29) is 29.2 Å². The molecule has 0 aliphatic carbocycles. The zero-order chi connectivity index (χ0) is 33.1. The third-order valence-electron chi connectivity index (χ3n) is 7.41. The minimum atomic E-state index is -0.959. The van der Waals surface area contributed by atoms with Crippen LogP contribution in [0.2, 0.25) is 0 Å². The number of nitrogens with one attached hydrogen (secondary N) is 3. The molecular weight excluding hydrogens is 594 g/mol. The minimum Gasteiger partial charge on any atom is -0.396 e. The average molecular weight is 645 g/mol. The second-order valence-electron chi connectivity index (χ2n) is 12.9. The summed E-state index contributed by atoms with van der Waals surface area (Å²) in [4.78, 5) is 39.1. The SMILES string of the molecule is Cc1ccc(NC(=O)C(=S)N[C@@H](CCCCN(C)C)[C@@H](CCCO)NC(=O)c2cc3c(cn2)CN(C(O)[OH+]C(C)(C)C)C3)nc1. The molecule has 3 rings (SSSR count). The molecule has 0 radical (unpaired) electrons. The van der Waals surface area contributed by atoms with Gasteiger partial charge < -0.3 is 35.8 Å². The highest BCUT2D eigenvalue weighted by Gasteiger charge is 2.33. The van der Waals surface area contributed by atoms with E-state index < -0.39 is 24.0 Å². The predicted octanol–water partition coefficient (Wildman–Crippen LogP) is 2.23. The molecule has 3 atom stereocenters. The monoisotopic (exact) mass is 644 g/mol. The summed E-state index contributed by atoms with van der Waals surface area (Å²) in [5.74, 6) is -0.459. The number of hydrogen-bond acceptors (Lipinski definition) is 9. The summed E-state index contributed by atoms with van der Waals surface area (Å²) in [5, 5.41) is 29.3. The standard InChI is InChI=1S/C32H49N7O5S/c1-21-12-13-27(34-17-21)37-29(42)30(45)36-25(10-7-8-14-38(5)6)24(11-9-15-40)35-28(41)26-16-22-19-39(20-23(22)18-33-26)31(43)44-32(2,3)4/h12-13,16-18,24-25,31,40,43H,7-11,14-15,19-20H2,1-6H3,(H,35,41)(H,36,45)(H,34,37,42)/p+1/t24-,25+,31?/m1/s1. The van der Waals surface area contributed by atoms with Crippen molar-refractivity contribution in [3.8, 4) is 0 Å². The molecule has 0 bridgehead atoms. The van der Waals surface area contributed by atoms with E-state index in [2.05, 4.69) is 35.6 Å². The number of rotatable bonds is 15. The summed E-state index contributed by atoms with van der Waals surface area (Å²) in [6, 6.07) is 4.50. The third kappa shape index (κ3) is 12.0. The number of nitrogens with zero attached hydrogens (tertiary/aromatic N) is 4. The van der Waals surface area contributed by atoms with Crippen molar-refractivity contribution in [3.63, 3.8) is 0 Å². The fourth-order valence-corrected chi connectivity index (χ4v) is 5.27. The van der Waals surface area contributed by atoms with Gasteiger partial charge in [-0.05, 0) is 82.1 Å². The summed E-state index contributed by atoms with van der Waals surface area (Å²) in [6.45, 7) is 9.50. The topological polar surface area (TPSA) is 156 Å². The lowest BCUT2D eigenvalue weighted by Gasteiger charge is -2.30. The minimum absolute atomic E-state index is 0.00629. The molecule has 13 heteroatoms. The Kier molecular flexibility index (Phi) is 13.8. The number of aryl methyl sites for hydroxylation is 1. The zero-order valence-electron chi connectivity index (χ0n) is 27.3. The van der Waals surface area contributed by atoms with Crippen molar-refractivity contribution in [3.05, 3.63) is 53.0 Å². The molecule has 2 aromatic rings. The summed E-state index contributed by atoms with van der Waals surface area (Å²) >= 11 is 5.49. The van der Waals surface area contributed by atoms with Crippen LogP contribution in [0.4, 0.5) is 5.82 Å². The molecule has 248 valence electrons. The van der Waals surface area contributed by atoms with Crippen LogP contribution in [0.25, 0.3) is 0 Å². The van der Waals surface area contributed by atoms with Gasteiger partial charge in [0, 0.05) is 64.9 Å². The number of carbonyl (C=O) groups is 2. The van der Waals surface area contributed by atoms with E-state index in [4.69, 9.17) is 12.2 Å². The number of aliphatic hydroxyl groups excluding tert-OH is 2. The molecular formula is C32H50N7O5S+. The van der Waals surface area contributed by atoms with Crippen molar-refractivity contribution in [2.24, 2.45) is 0 Å². The highest BCUT2D eigenvalue weighted by Crippen LogP contribution is 2.25. The predicted molar refractivity (Wildman–Crippen MR) is 179 cm³/mol. The molecule has 0 saturated heterocycles. The van der Waals surface area contributed by atoms with Crippen LogP contribution < -0.4 is 16.0 Å². The Morgan fingerprint density at radius 2 is 1.73 bits per heavy atom. The average Bonchev–Trinajstić information content (AvgIpc) is 3.41. The smallest absolute Gasteiger partial charge is 0.330 e. The highest BCUT2D eigenvalue weighted by atomic mass is 32.1. The molecule has 1 aliphatic heterocycles. The summed E-state index contributed by atoms with van der Waals surface area (Å²) in [6.07, 6.45) is 5.70. The van der Waals surface area contributed by atoms with Gasteiger partial charge in [-0.2, -0.15) is 0 Å². The van der Waals surface area contributed by atoms with Gasteiger partial charge in [-0.15, -0.1) is 0 Å². The zero-order valence-corrected chi connectivity index (χ0v) is 28.2. The number of amides is 2. The molecule has 45 heavy (non-hydrogen) atoms. The van der Waals surface area contributed by atoms with E-state index in [0.29, 0.717) is 38.2 Å². The van der Waals surface area contributed by atoms with Crippen molar-refractivity contribution in [2.75, 3.05) is 32.6 Å². The Bertz CT molecular complexity index is 1290. The second-order valence-corrected chi connectivity index (χ2v) is 13.3. The van der Waals surface area contributed by atoms with E-state index in [1.165, 1.54) is 0 Å². The maximum absolute atomic E-state index is 13.6. The molecule has 12 nitrogen and oxygen atoms in total. The van der Waals surface area contributed by atoms with Gasteiger partial charge in [0.25, 0.3) is 11.8 Å². The number of hydrogen-bond donors (Lipinski definition) is 5. The number of anilines is 1. The van der Waals surface area contributed by atoms with Gasteiger partial charge in [-0.3, -0.25) is 14.6 Å². The molecule has 3 heterocycles. The largest absolute Gasteiger partial charge is 0.396 e. The fourth-order valence-electron chi connectivity index (χ4n) is 5.07. The Morgan fingerprint density at radius 1 is 1.04 bits per heavy atom. The lowest BCUT2D eigenvalue weighted by atomic mass is 9.97. The van der Waals surface area contributed by atoms with Crippen molar-refractivity contribution >= 4 is 34.8 Å². The van der Waals surface area contributed by atoms with Crippen LogP contribution in [-0.4, -0.2) is 103 Å². The highest BCUT2D eigenvalue weighted by molar-refractivity contribution is 7.82. The Morgan fingerprint density at radius 3 is 2.38 bits per heavy atom. The summed E-state index contributed by atoms with van der Waals surface area (Å²) in [5.41, 5.74) is 2.68. The van der Waals surface area contributed by atoms with Crippen LogP contribution in [0.15, 0.2) is 30.6 Å². The second kappa shape index (κ2) is 17.0. The Hall–Kier alpha value is -3.07. The summed E-state index contributed by atoms with van der Waals surface area (Å²) < 4.78 is 4.43. The van der Waals surface area contributed by atoms with Crippen LogP contribution in [0.5, 0.6) is 0 Å². The maximum Gasteiger partial charge on any atom is 0.330 e. The molecule has 0 fully saturated rings. The third-order valence-corrected chi connectivity index (χ3v) is 7.72. The van der Waals surface area contributed by atoms with E-state index in [0.717, 1.165) is 36.1 Å². The van der Waals surface area contributed by atoms with E-state index in [1.54, 1.807) is 24.5 Å². The Labute approximate surface area is 272 Å². The number of pyridine rings is 2. The van der Waals surface area contributed by atoms with Crippen LogP contribution in [0.1, 0.15) is 80.1 Å². The fraction of sp³-hybridized carbons (Fsp3) is 0.594. The molecule has 2 amide bonds. The maximum atomic E-state index is 13.6. The number of unbranched alkanes of at least 4 members (excludes halogenated alkanes) is 1. The first-order chi connectivity index (χ1) is 21.3. The van der Waals surface area contributed by atoms with Gasteiger partial charge in [-0.1, -0.05) is 24.7 Å². The van der Waals surface area contributed by atoms with Gasteiger partial charge >= 0.3 is 6.41 Å². The molecule has 0 saturated carbocycles. The first-order valence-electron chi connectivity index (χ1n) is 15.5. The number of fused-ring (bicyclic) bond motifs is 1. The van der Waals surface area contributed by atoms with Crippen LogP contribution in [0, 0.1) is 6.92 Å². The summed E-state index contributed by atoms with van der Waals surface area (Å²) in [7, 11) is 4.03. The van der Waals surface area contributed by atoms with Crippen LogP contribution in [-0.2, 0) is 17.9 Å². The van der Waals surface area contributed by atoms with E-state index >= 15 is 0 Å². The van der Waals surface area contributed by atoms with Gasteiger partial charge in [0.05, 0.1) is 0 Å². The van der Waals surface area contributed by atoms with Gasteiger partial charge in [-0.25, -0.2) is 9.88 Å². The quantitative estimate of drug-likeness (QED) is 0.0844. The van der Waals surface area contributed by atoms with Gasteiger partial charge in [0.2, 0.25) is 0 Å². The van der Waals surface area contributed by atoms with Crippen LogP contribution in [0.3, 0.4) is 0 Å². The first kappa shape index (κ1) is 36.4. The van der Waals surface area contributed by atoms with E-state index in [9.17, 15) is 19.8 Å². The number of thiocarbonyl (C=S) groups is 1. The van der Waals surface area contributed by atoms with Crippen molar-refractivity contribution in [1.82, 2.24) is 30.4 Å². The number of carbonyl (C=O) groups excluding carboxylic acids is 2. The number of aromatic nitrogens is 2. The normalized spacial score (nSPS) is 15.3. The molecule has 0 spiro atoms. The number of ether oxygens (including phenoxy) is 1. The molecule has 2 aromatic heterocycles. The Balaban J connectivity index is 1.74. The lowest BCUT2D eigenvalue weighted by Crippen LogP contribution is -2.53. The van der Waals surface area contributed by atoms with E-state index in [1.807, 2.05) is 52.8 Å². The van der Waals surface area contributed by atoms with Gasteiger partial charge in [0.15, 0.2) is 10.6 Å². The van der Waals surface area contributed by atoms with Crippen molar-refractivity contribution < 1.29 is 24.5 Å². The van der Waals surface area contributed by atoms with Crippen molar-refractivity contribution in [1.29, 1.82) is 0 Å². The van der Waals surface area contributed by atoms with Crippen molar-refractivity contribution in [2.45, 2.75) is 97.0 Å². The molecule has 1 aliphatic rings. The molecule has 1 unspecified atom stereocenters. The number of aliphatic hydroxyl groups is 4. The lowest BCUT2D eigenvalue weighted by molar-refractivity contribution is -0.338. The first-order valence-corrected chi connectivity index (χ1v) is 15.9. The van der Waals surface area contributed by atoms with Crippen LogP contribution >= 0.6 is 12.2 Å². The molecule has 6 N–H and O–H groups in total. The molecule has 0 aromatic carbocycles. The van der Waals surface area contributed by atoms with Gasteiger partial charge in [0.1, 0.15) is 11.5 Å².